The second-order valence-corrected chi connectivity index (χ2v) is 7.02. The van der Waals surface area contributed by atoms with E-state index in [0.29, 0.717) is 18.1 Å². The van der Waals surface area contributed by atoms with Crippen LogP contribution in [0.2, 0.25) is 0 Å². The van der Waals surface area contributed by atoms with Crippen LogP contribution in [-0.2, 0) is 11.3 Å². The second-order valence-electron chi connectivity index (χ2n) is 7.02. The van der Waals surface area contributed by atoms with E-state index in [-0.39, 0.29) is 18.8 Å². The van der Waals surface area contributed by atoms with Gasteiger partial charge in [-0.2, -0.15) is 0 Å². The number of ether oxygens (including phenoxy) is 3. The molecular formula is C22H26N2O4. The molecule has 148 valence electrons. The number of nitrogens with zero attached hydrogens (tertiary/aromatic N) is 1. The number of nitrogens with one attached hydrogen (secondary N) is 1. The summed E-state index contributed by atoms with van der Waals surface area (Å²) in [6, 6.07) is 14.4. The molecule has 1 fully saturated rings. The molecule has 2 aromatic carbocycles. The largest absolute Gasteiger partial charge is 0.493 e. The predicted octanol–water partition coefficient (Wildman–Crippen LogP) is 3.12. The van der Waals surface area contributed by atoms with E-state index in [9.17, 15) is 5.11 Å². The lowest BCUT2D eigenvalue weighted by atomic mass is 9.97. The predicted molar refractivity (Wildman–Crippen MR) is 108 cm³/mol. The number of H-pyrrole nitrogens is 1. The van der Waals surface area contributed by atoms with Gasteiger partial charge in [0.15, 0.2) is 11.5 Å². The van der Waals surface area contributed by atoms with Crippen LogP contribution < -0.4 is 9.47 Å². The highest BCUT2D eigenvalue weighted by molar-refractivity contribution is 5.79. The van der Waals surface area contributed by atoms with Crippen LogP contribution in [0.1, 0.15) is 17.2 Å². The molecule has 0 amide bonds. The lowest BCUT2D eigenvalue weighted by molar-refractivity contribution is -0.0960. The van der Waals surface area contributed by atoms with Gasteiger partial charge in [0.05, 0.1) is 33.5 Å². The first kappa shape index (κ1) is 18.8. The van der Waals surface area contributed by atoms with E-state index in [1.165, 1.54) is 10.9 Å². The first-order valence-electron chi connectivity index (χ1n) is 9.48. The van der Waals surface area contributed by atoms with E-state index in [4.69, 9.17) is 14.2 Å². The van der Waals surface area contributed by atoms with Crippen LogP contribution in [0, 0.1) is 0 Å². The van der Waals surface area contributed by atoms with Gasteiger partial charge >= 0.3 is 0 Å². The van der Waals surface area contributed by atoms with E-state index in [2.05, 4.69) is 34.1 Å². The van der Waals surface area contributed by atoms with E-state index in [0.717, 1.165) is 24.2 Å². The van der Waals surface area contributed by atoms with Crippen molar-refractivity contribution in [3.05, 3.63) is 59.8 Å². The summed E-state index contributed by atoms with van der Waals surface area (Å²) in [6.07, 6.45) is 1.67. The van der Waals surface area contributed by atoms with Crippen molar-refractivity contribution in [1.82, 2.24) is 9.88 Å². The first-order valence-corrected chi connectivity index (χ1v) is 9.48. The zero-order chi connectivity index (χ0) is 19.5. The normalized spacial score (nSPS) is 20.4. The second kappa shape index (κ2) is 8.22. The minimum absolute atomic E-state index is 0.0354. The molecule has 0 saturated carbocycles. The van der Waals surface area contributed by atoms with Crippen molar-refractivity contribution in [2.75, 3.05) is 34.0 Å². The standard InChI is InChI=1S/C22H26N2O4/c1-26-19-6-4-17(12-20(19)27-2)22-21(14-25)28-10-9-24(22)13-15-3-5-18-16(11-15)7-8-23-18/h3-8,11-12,21-23,25H,9-10,13-14H2,1-2H3/t21-,22-/m1/s1. The Morgan fingerprint density at radius 1 is 1.11 bits per heavy atom. The third-order valence-electron chi connectivity index (χ3n) is 5.39. The van der Waals surface area contributed by atoms with Gasteiger partial charge in [-0.1, -0.05) is 12.1 Å². The van der Waals surface area contributed by atoms with Crippen molar-refractivity contribution in [2.24, 2.45) is 0 Å². The van der Waals surface area contributed by atoms with Crippen molar-refractivity contribution in [3.8, 4) is 11.5 Å². The molecule has 1 saturated heterocycles. The summed E-state index contributed by atoms with van der Waals surface area (Å²) in [5.41, 5.74) is 3.41. The number of hydrogen-bond acceptors (Lipinski definition) is 5. The maximum atomic E-state index is 9.94. The SMILES string of the molecule is COc1ccc([C@@H]2[C@@H](CO)OCCN2Cc2ccc3[nH]ccc3c2)cc1OC. The number of aromatic nitrogens is 1. The molecule has 3 aromatic rings. The Hall–Kier alpha value is -2.54. The Balaban J connectivity index is 1.66. The average molecular weight is 382 g/mol. The highest BCUT2D eigenvalue weighted by atomic mass is 16.5. The molecule has 4 rings (SSSR count). The van der Waals surface area contributed by atoms with Gasteiger partial charge in [0.2, 0.25) is 0 Å². The number of hydrogen-bond donors (Lipinski definition) is 2. The Morgan fingerprint density at radius 2 is 1.96 bits per heavy atom. The highest BCUT2D eigenvalue weighted by Crippen LogP contribution is 2.36. The first-order chi connectivity index (χ1) is 13.7. The van der Waals surface area contributed by atoms with Crippen molar-refractivity contribution in [2.45, 2.75) is 18.7 Å². The Labute approximate surface area is 164 Å². The number of aliphatic hydroxyl groups is 1. The topological polar surface area (TPSA) is 67.0 Å². The number of benzene rings is 2. The number of aromatic amines is 1. The molecule has 1 aromatic heterocycles. The van der Waals surface area contributed by atoms with Gasteiger partial charge in [-0.25, -0.2) is 0 Å². The molecule has 2 N–H and O–H groups in total. The molecule has 28 heavy (non-hydrogen) atoms. The molecule has 1 aliphatic rings. The molecule has 0 radical (unpaired) electrons. The number of methoxy groups -OCH3 is 2. The van der Waals surface area contributed by atoms with E-state index < -0.39 is 0 Å². The fourth-order valence-electron chi connectivity index (χ4n) is 4.01. The van der Waals surface area contributed by atoms with E-state index in [1.807, 2.05) is 24.4 Å². The van der Waals surface area contributed by atoms with Crippen LogP contribution in [0.15, 0.2) is 48.7 Å². The number of rotatable bonds is 6. The monoisotopic (exact) mass is 382 g/mol. The van der Waals surface area contributed by atoms with Gasteiger partial charge in [-0.05, 0) is 46.8 Å². The van der Waals surface area contributed by atoms with Crippen LogP contribution in [0.3, 0.4) is 0 Å². The van der Waals surface area contributed by atoms with Crippen LogP contribution in [0.25, 0.3) is 10.9 Å². The highest BCUT2D eigenvalue weighted by Gasteiger charge is 2.33. The molecule has 2 heterocycles. The quantitative estimate of drug-likeness (QED) is 0.686. The summed E-state index contributed by atoms with van der Waals surface area (Å²) >= 11 is 0. The number of aliphatic hydroxyl groups excluding tert-OH is 1. The number of morpholine rings is 1. The van der Waals surface area contributed by atoms with Crippen LogP contribution in [-0.4, -0.2) is 55.1 Å². The fraction of sp³-hybridized carbons (Fsp3) is 0.364. The van der Waals surface area contributed by atoms with Crippen molar-refractivity contribution >= 4 is 10.9 Å². The van der Waals surface area contributed by atoms with Crippen molar-refractivity contribution in [1.29, 1.82) is 0 Å². The van der Waals surface area contributed by atoms with Gasteiger partial charge in [0, 0.05) is 24.8 Å². The van der Waals surface area contributed by atoms with Gasteiger partial charge < -0.3 is 24.3 Å². The maximum absolute atomic E-state index is 9.94. The van der Waals surface area contributed by atoms with Crippen LogP contribution in [0.4, 0.5) is 0 Å². The summed E-state index contributed by atoms with van der Waals surface area (Å²) in [5, 5.41) is 11.1. The van der Waals surface area contributed by atoms with E-state index in [1.54, 1.807) is 14.2 Å². The third-order valence-corrected chi connectivity index (χ3v) is 5.39. The summed E-state index contributed by atoms with van der Waals surface area (Å²) < 4.78 is 16.7. The zero-order valence-electron chi connectivity index (χ0n) is 16.2. The minimum Gasteiger partial charge on any atom is -0.493 e. The fourth-order valence-corrected chi connectivity index (χ4v) is 4.01. The van der Waals surface area contributed by atoms with Crippen LogP contribution in [0.5, 0.6) is 11.5 Å². The zero-order valence-corrected chi connectivity index (χ0v) is 16.2. The third kappa shape index (κ3) is 3.58. The van der Waals surface area contributed by atoms with E-state index >= 15 is 0 Å². The van der Waals surface area contributed by atoms with Gasteiger partial charge in [-0.3, -0.25) is 4.90 Å². The summed E-state index contributed by atoms with van der Waals surface area (Å²) in [5.74, 6) is 1.36. The Kier molecular flexibility index (Phi) is 5.52. The molecule has 0 unspecified atom stereocenters. The van der Waals surface area contributed by atoms with Gasteiger partial charge in [0.1, 0.15) is 6.10 Å². The van der Waals surface area contributed by atoms with Gasteiger partial charge in [0.25, 0.3) is 0 Å². The lowest BCUT2D eigenvalue weighted by Crippen LogP contribution is -2.46. The average Bonchev–Trinajstić information content (AvgIpc) is 3.21. The molecule has 0 bridgehead atoms. The lowest BCUT2D eigenvalue weighted by Gasteiger charge is -2.41. The molecule has 0 spiro atoms. The van der Waals surface area contributed by atoms with Crippen LogP contribution >= 0.6 is 0 Å². The smallest absolute Gasteiger partial charge is 0.161 e. The molecule has 2 atom stereocenters. The molecular weight excluding hydrogens is 356 g/mol. The van der Waals surface area contributed by atoms with Crippen molar-refractivity contribution in [3.63, 3.8) is 0 Å². The number of fused-ring (bicyclic) bond motifs is 1. The van der Waals surface area contributed by atoms with Crippen molar-refractivity contribution < 1.29 is 19.3 Å². The maximum Gasteiger partial charge on any atom is 0.161 e. The van der Waals surface area contributed by atoms with Gasteiger partial charge in [-0.15, -0.1) is 0 Å². The molecule has 1 aliphatic heterocycles. The minimum atomic E-state index is -0.289. The summed E-state index contributed by atoms with van der Waals surface area (Å²) in [7, 11) is 3.26. The molecule has 0 aliphatic carbocycles. The Bertz CT molecular complexity index is 939. The summed E-state index contributed by atoms with van der Waals surface area (Å²) in [4.78, 5) is 5.59. The Morgan fingerprint density at radius 3 is 2.75 bits per heavy atom. The molecule has 6 heteroatoms. The summed E-state index contributed by atoms with van der Waals surface area (Å²) in [6.45, 7) is 2.13. The molecule has 6 nitrogen and oxygen atoms in total.